The largest absolute Gasteiger partial charge is 0.326 e. The smallest absolute Gasteiger partial charge is 0.261 e. The predicted molar refractivity (Wildman–Crippen MR) is 155 cm³/mol. The van der Waals surface area contributed by atoms with Crippen molar-refractivity contribution in [2.24, 2.45) is 5.92 Å². The van der Waals surface area contributed by atoms with Crippen LogP contribution in [-0.4, -0.2) is 40.1 Å². The third kappa shape index (κ3) is 7.32. The van der Waals surface area contributed by atoms with E-state index in [1.54, 1.807) is 18.2 Å². The lowest BCUT2D eigenvalue weighted by atomic mass is 9.99. The van der Waals surface area contributed by atoms with Crippen LogP contribution < -0.4 is 10.0 Å². The van der Waals surface area contributed by atoms with Gasteiger partial charge in [0.25, 0.3) is 10.0 Å². The Morgan fingerprint density at radius 2 is 1.67 bits per heavy atom. The Bertz CT molecular complexity index is 1590. The molecule has 0 radical (unpaired) electrons. The van der Waals surface area contributed by atoms with Gasteiger partial charge in [-0.15, -0.1) is 0 Å². The molecule has 1 aliphatic rings. The van der Waals surface area contributed by atoms with Gasteiger partial charge in [-0.2, -0.15) is 0 Å². The molecule has 39 heavy (non-hydrogen) atoms. The number of nitrogens with one attached hydrogen (secondary N) is 2. The summed E-state index contributed by atoms with van der Waals surface area (Å²) < 4.78 is 55.7. The molecule has 0 saturated carbocycles. The first kappa shape index (κ1) is 29.4. The molecule has 3 aromatic carbocycles. The maximum atomic E-state index is 13.0. The summed E-state index contributed by atoms with van der Waals surface area (Å²) >= 11 is 11.9. The first-order valence-corrected chi connectivity index (χ1v) is 16.1. The molecular weight excluding hydrogens is 581 g/mol. The number of nitrogens with zero attached hydrogens (tertiary/aromatic N) is 1. The van der Waals surface area contributed by atoms with Crippen LogP contribution in [0.25, 0.3) is 0 Å². The number of amides is 1. The van der Waals surface area contributed by atoms with Crippen molar-refractivity contribution in [2.45, 2.75) is 37.3 Å². The third-order valence-corrected chi connectivity index (χ3v) is 10.5. The lowest BCUT2D eigenvalue weighted by Crippen LogP contribution is -2.44. The van der Waals surface area contributed by atoms with Gasteiger partial charge in [0, 0.05) is 18.8 Å². The Balaban J connectivity index is 1.39. The van der Waals surface area contributed by atoms with E-state index in [1.807, 2.05) is 26.0 Å². The Morgan fingerprint density at radius 3 is 2.33 bits per heavy atom. The fourth-order valence-electron chi connectivity index (χ4n) is 4.43. The quantitative estimate of drug-likeness (QED) is 0.345. The number of hydrogen-bond acceptors (Lipinski definition) is 5. The van der Waals surface area contributed by atoms with Gasteiger partial charge in [-0.25, -0.2) is 21.1 Å². The third-order valence-electron chi connectivity index (χ3n) is 6.54. The zero-order valence-corrected chi connectivity index (χ0v) is 24.6. The van der Waals surface area contributed by atoms with Crippen molar-refractivity contribution in [1.29, 1.82) is 0 Å². The minimum atomic E-state index is -3.82. The SMILES string of the molecule is Cc1ccc(NS(=O)(=O)c2ccc(NC(=O)C3CCCN(S(=O)(=O)Cc4ccc(Cl)c(Cl)c4)C3)cc2)c(C)c1. The molecule has 1 saturated heterocycles. The molecule has 1 atom stereocenters. The van der Waals surface area contributed by atoms with Crippen LogP contribution in [0.15, 0.2) is 65.6 Å². The minimum Gasteiger partial charge on any atom is -0.326 e. The van der Waals surface area contributed by atoms with Gasteiger partial charge >= 0.3 is 0 Å². The van der Waals surface area contributed by atoms with Crippen LogP contribution in [0.3, 0.4) is 0 Å². The molecule has 12 heteroatoms. The number of carbonyl (C=O) groups excluding carboxylic acids is 1. The molecule has 4 rings (SSSR count). The Kier molecular flexibility index (Phi) is 8.92. The topological polar surface area (TPSA) is 113 Å². The van der Waals surface area contributed by atoms with Gasteiger partial charge in [0.05, 0.1) is 32.3 Å². The van der Waals surface area contributed by atoms with Gasteiger partial charge in [-0.3, -0.25) is 9.52 Å². The zero-order valence-electron chi connectivity index (χ0n) is 21.4. The molecule has 0 aromatic heterocycles. The summed E-state index contributed by atoms with van der Waals surface area (Å²) in [6, 6.07) is 16.0. The summed E-state index contributed by atoms with van der Waals surface area (Å²) in [6.45, 7) is 4.14. The number of benzene rings is 3. The van der Waals surface area contributed by atoms with Gasteiger partial charge in [-0.05, 0) is 80.3 Å². The second kappa shape index (κ2) is 11.9. The highest BCUT2D eigenvalue weighted by Crippen LogP contribution is 2.27. The maximum Gasteiger partial charge on any atom is 0.261 e. The average Bonchev–Trinajstić information content (AvgIpc) is 2.88. The molecule has 208 valence electrons. The molecule has 0 aliphatic carbocycles. The number of sulfonamides is 2. The molecule has 2 N–H and O–H groups in total. The first-order valence-electron chi connectivity index (χ1n) is 12.3. The van der Waals surface area contributed by atoms with Gasteiger partial charge in [-0.1, -0.05) is 47.0 Å². The Morgan fingerprint density at radius 1 is 0.949 bits per heavy atom. The molecule has 0 spiro atoms. The van der Waals surface area contributed by atoms with Crippen molar-refractivity contribution >= 4 is 60.5 Å². The van der Waals surface area contributed by atoms with E-state index in [0.29, 0.717) is 41.3 Å². The summed E-state index contributed by atoms with van der Waals surface area (Å²) in [4.78, 5) is 13.0. The van der Waals surface area contributed by atoms with Crippen LogP contribution in [0.4, 0.5) is 11.4 Å². The zero-order chi connectivity index (χ0) is 28.4. The van der Waals surface area contributed by atoms with Crippen molar-refractivity contribution in [3.63, 3.8) is 0 Å². The van der Waals surface area contributed by atoms with Crippen molar-refractivity contribution in [2.75, 3.05) is 23.1 Å². The number of anilines is 2. The highest BCUT2D eigenvalue weighted by Gasteiger charge is 2.32. The number of rotatable bonds is 8. The van der Waals surface area contributed by atoms with Gasteiger partial charge in [0.2, 0.25) is 15.9 Å². The van der Waals surface area contributed by atoms with E-state index in [2.05, 4.69) is 10.0 Å². The van der Waals surface area contributed by atoms with E-state index in [1.165, 1.54) is 34.6 Å². The minimum absolute atomic E-state index is 0.0534. The van der Waals surface area contributed by atoms with E-state index in [-0.39, 0.29) is 28.1 Å². The van der Waals surface area contributed by atoms with Gasteiger partial charge < -0.3 is 5.32 Å². The number of halogens is 2. The first-order chi connectivity index (χ1) is 18.3. The molecular formula is C27H29Cl2N3O5S2. The van der Waals surface area contributed by atoms with Crippen molar-refractivity contribution in [3.05, 3.63) is 87.4 Å². The summed E-state index contributed by atoms with van der Waals surface area (Å²) in [5.41, 5.74) is 3.26. The van der Waals surface area contributed by atoms with Crippen LogP contribution in [0.5, 0.6) is 0 Å². The van der Waals surface area contributed by atoms with E-state index < -0.39 is 26.0 Å². The van der Waals surface area contributed by atoms with E-state index in [0.717, 1.165) is 11.1 Å². The normalized spacial score (nSPS) is 16.6. The number of aryl methyl sites for hydroxylation is 2. The molecule has 1 fully saturated rings. The van der Waals surface area contributed by atoms with E-state index in [9.17, 15) is 21.6 Å². The van der Waals surface area contributed by atoms with Crippen LogP contribution in [0.2, 0.25) is 10.0 Å². The van der Waals surface area contributed by atoms with E-state index in [4.69, 9.17) is 23.2 Å². The lowest BCUT2D eigenvalue weighted by molar-refractivity contribution is -0.120. The Hall–Kier alpha value is -2.63. The molecule has 3 aromatic rings. The molecule has 0 bridgehead atoms. The van der Waals surface area contributed by atoms with Crippen molar-refractivity contribution in [1.82, 2.24) is 4.31 Å². The molecule has 1 amide bonds. The summed E-state index contributed by atoms with van der Waals surface area (Å²) in [7, 11) is -7.50. The summed E-state index contributed by atoms with van der Waals surface area (Å²) in [5, 5.41) is 3.40. The summed E-state index contributed by atoms with van der Waals surface area (Å²) in [5.74, 6) is -1.12. The van der Waals surface area contributed by atoms with Crippen LogP contribution in [0, 0.1) is 19.8 Å². The Labute approximate surface area is 239 Å². The highest BCUT2D eigenvalue weighted by atomic mass is 35.5. The second-order valence-electron chi connectivity index (χ2n) is 9.64. The second-order valence-corrected chi connectivity index (χ2v) is 14.1. The van der Waals surface area contributed by atoms with Gasteiger partial charge in [0.15, 0.2) is 0 Å². The summed E-state index contributed by atoms with van der Waals surface area (Å²) in [6.07, 6.45) is 1.08. The van der Waals surface area contributed by atoms with Crippen molar-refractivity contribution < 1.29 is 21.6 Å². The molecule has 1 heterocycles. The number of carbonyl (C=O) groups is 1. The van der Waals surface area contributed by atoms with Crippen LogP contribution >= 0.6 is 23.2 Å². The fourth-order valence-corrected chi connectivity index (χ4v) is 7.48. The monoisotopic (exact) mass is 609 g/mol. The molecule has 1 unspecified atom stereocenters. The highest BCUT2D eigenvalue weighted by molar-refractivity contribution is 7.92. The lowest BCUT2D eigenvalue weighted by Gasteiger charge is -2.31. The van der Waals surface area contributed by atoms with Crippen LogP contribution in [-0.2, 0) is 30.6 Å². The maximum absolute atomic E-state index is 13.0. The number of hydrogen-bond donors (Lipinski definition) is 2. The van der Waals surface area contributed by atoms with Crippen molar-refractivity contribution in [3.8, 4) is 0 Å². The van der Waals surface area contributed by atoms with Crippen LogP contribution in [0.1, 0.15) is 29.5 Å². The fraction of sp³-hybridized carbons (Fsp3) is 0.296. The van der Waals surface area contributed by atoms with E-state index >= 15 is 0 Å². The number of piperidine rings is 1. The van der Waals surface area contributed by atoms with Gasteiger partial charge in [0.1, 0.15) is 0 Å². The average molecular weight is 611 g/mol. The molecule has 8 nitrogen and oxygen atoms in total. The standard InChI is InChI=1S/C27H29Cl2N3O5S2/c1-18-5-12-26(19(2)14-18)31-39(36,37)23-9-7-22(8-10-23)30-27(33)21-4-3-13-32(16-21)38(34,35)17-20-6-11-24(28)25(29)15-20/h5-12,14-15,21,31H,3-4,13,16-17H2,1-2H3,(H,30,33). The predicted octanol–water partition coefficient (Wildman–Crippen LogP) is 5.59. The molecule has 1 aliphatic heterocycles.